The molecule has 0 fully saturated rings. The van der Waals surface area contributed by atoms with Crippen LogP contribution in [0, 0.1) is 5.92 Å². The molecule has 94 valence electrons. The lowest BCUT2D eigenvalue weighted by Crippen LogP contribution is -2.41. The Balaban J connectivity index is 4.35. The predicted molar refractivity (Wildman–Crippen MR) is 63.6 cm³/mol. The fourth-order valence-electron chi connectivity index (χ4n) is 1.26. The first kappa shape index (κ1) is 15.2. The van der Waals surface area contributed by atoms with Gasteiger partial charge in [0.2, 0.25) is 5.91 Å². The first-order valence-corrected chi connectivity index (χ1v) is 6.40. The first-order valence-electron chi connectivity index (χ1n) is 5.01. The van der Waals surface area contributed by atoms with E-state index in [1.165, 1.54) is 12.0 Å². The van der Waals surface area contributed by atoms with E-state index in [1.54, 1.807) is 18.7 Å². The van der Waals surface area contributed by atoms with Crippen molar-refractivity contribution in [3.05, 3.63) is 0 Å². The number of nitrogens with zero attached hydrogens (tertiary/aromatic N) is 1. The van der Waals surface area contributed by atoms with Crippen molar-refractivity contribution >= 4 is 23.6 Å². The summed E-state index contributed by atoms with van der Waals surface area (Å²) in [6, 6.07) is 0. The molecule has 0 aliphatic heterocycles. The van der Waals surface area contributed by atoms with Crippen LogP contribution in [0.1, 0.15) is 6.92 Å². The van der Waals surface area contributed by atoms with Gasteiger partial charge in [-0.2, -0.15) is 11.8 Å². The summed E-state index contributed by atoms with van der Waals surface area (Å²) in [5, 5.41) is 8.70. The third-order valence-electron chi connectivity index (χ3n) is 2.04. The van der Waals surface area contributed by atoms with Crippen LogP contribution in [0.15, 0.2) is 0 Å². The summed E-state index contributed by atoms with van der Waals surface area (Å²) in [5.74, 6) is -0.595. The Kier molecular flexibility index (Phi) is 8.01. The Bertz CT molecular complexity index is 235. The van der Waals surface area contributed by atoms with Crippen LogP contribution in [-0.2, 0) is 14.3 Å². The van der Waals surface area contributed by atoms with E-state index >= 15 is 0 Å². The zero-order valence-electron chi connectivity index (χ0n) is 9.93. The zero-order valence-corrected chi connectivity index (χ0v) is 10.7. The lowest BCUT2D eigenvalue weighted by molar-refractivity contribution is -0.146. The Morgan fingerprint density at radius 3 is 2.56 bits per heavy atom. The van der Waals surface area contributed by atoms with Crippen molar-refractivity contribution in [2.75, 3.05) is 38.8 Å². The van der Waals surface area contributed by atoms with Gasteiger partial charge in [0.1, 0.15) is 6.54 Å². The minimum absolute atomic E-state index is 0.131. The van der Waals surface area contributed by atoms with Crippen LogP contribution >= 0.6 is 11.8 Å². The number of carbonyl (C=O) groups excluding carboxylic acids is 1. The predicted octanol–water partition coefficient (Wildman–Crippen LogP) is 0.545. The number of rotatable bonds is 8. The smallest absolute Gasteiger partial charge is 0.323 e. The molecule has 0 saturated carbocycles. The van der Waals surface area contributed by atoms with Gasteiger partial charge in [-0.05, 0) is 6.26 Å². The number of carbonyl (C=O) groups is 2. The van der Waals surface area contributed by atoms with Crippen molar-refractivity contribution in [1.82, 2.24) is 4.90 Å². The average molecular weight is 249 g/mol. The maximum Gasteiger partial charge on any atom is 0.323 e. The molecule has 6 heteroatoms. The summed E-state index contributed by atoms with van der Waals surface area (Å²) in [7, 11) is 1.52. The van der Waals surface area contributed by atoms with E-state index in [9.17, 15) is 9.59 Å². The van der Waals surface area contributed by atoms with Crippen molar-refractivity contribution < 1.29 is 19.4 Å². The number of aliphatic carboxylic acids is 1. The molecular weight excluding hydrogens is 230 g/mol. The molecule has 0 bridgehead atoms. The number of hydrogen-bond acceptors (Lipinski definition) is 4. The minimum Gasteiger partial charge on any atom is -0.480 e. The van der Waals surface area contributed by atoms with Gasteiger partial charge < -0.3 is 14.7 Å². The third-order valence-corrected chi connectivity index (χ3v) is 2.87. The Morgan fingerprint density at radius 2 is 2.12 bits per heavy atom. The van der Waals surface area contributed by atoms with E-state index in [0.29, 0.717) is 18.9 Å². The van der Waals surface area contributed by atoms with Gasteiger partial charge in [0.15, 0.2) is 0 Å². The van der Waals surface area contributed by atoms with Crippen molar-refractivity contribution in [3.63, 3.8) is 0 Å². The van der Waals surface area contributed by atoms with Gasteiger partial charge in [-0.25, -0.2) is 0 Å². The van der Waals surface area contributed by atoms with Crippen molar-refractivity contribution in [2.45, 2.75) is 6.92 Å². The zero-order chi connectivity index (χ0) is 12.6. The lowest BCUT2D eigenvalue weighted by Gasteiger charge is -2.23. The first-order chi connectivity index (χ1) is 7.52. The molecule has 1 unspecified atom stereocenters. The number of hydrogen-bond donors (Lipinski definition) is 1. The maximum absolute atomic E-state index is 11.9. The lowest BCUT2D eigenvalue weighted by atomic mass is 10.2. The molecule has 0 aliphatic carbocycles. The Morgan fingerprint density at radius 1 is 1.50 bits per heavy atom. The van der Waals surface area contributed by atoms with Gasteiger partial charge in [-0.15, -0.1) is 0 Å². The average Bonchev–Trinajstić information content (AvgIpc) is 2.23. The molecule has 0 aliphatic rings. The molecule has 0 aromatic rings. The highest BCUT2D eigenvalue weighted by molar-refractivity contribution is 7.98. The second kappa shape index (κ2) is 8.41. The summed E-state index contributed by atoms with van der Waals surface area (Å²) in [6.45, 7) is 2.22. The number of amides is 1. The van der Waals surface area contributed by atoms with Gasteiger partial charge in [0, 0.05) is 25.3 Å². The number of carboxylic acids is 1. The largest absolute Gasteiger partial charge is 0.480 e. The van der Waals surface area contributed by atoms with Crippen LogP contribution in [0.2, 0.25) is 0 Å². The second-order valence-electron chi connectivity index (χ2n) is 3.50. The normalized spacial score (nSPS) is 12.2. The van der Waals surface area contributed by atoms with Crippen molar-refractivity contribution in [2.24, 2.45) is 5.92 Å². The van der Waals surface area contributed by atoms with Crippen LogP contribution in [0.5, 0.6) is 0 Å². The molecule has 1 amide bonds. The van der Waals surface area contributed by atoms with E-state index in [1.807, 2.05) is 6.26 Å². The van der Waals surface area contributed by atoms with Gasteiger partial charge >= 0.3 is 5.97 Å². The molecule has 0 spiro atoms. The molecule has 0 radical (unpaired) electrons. The standard InChI is InChI=1S/C10H19NO4S/c1-8(7-16-3)10(14)11(4-5-15-2)6-9(12)13/h8H,4-7H2,1-3H3,(H,12,13). The highest BCUT2D eigenvalue weighted by Crippen LogP contribution is 2.08. The minimum atomic E-state index is -0.999. The third kappa shape index (κ3) is 5.97. The molecule has 5 nitrogen and oxygen atoms in total. The summed E-state index contributed by atoms with van der Waals surface area (Å²) < 4.78 is 4.85. The van der Waals surface area contributed by atoms with E-state index in [4.69, 9.17) is 9.84 Å². The number of methoxy groups -OCH3 is 1. The Labute approximate surface area is 100 Å². The summed E-state index contributed by atoms with van der Waals surface area (Å²) in [5.41, 5.74) is 0. The van der Waals surface area contributed by atoms with Crippen LogP contribution in [0.25, 0.3) is 0 Å². The molecule has 1 N–H and O–H groups in total. The maximum atomic E-state index is 11.9. The number of carboxylic acid groups (broad SMARTS) is 1. The monoisotopic (exact) mass is 249 g/mol. The van der Waals surface area contributed by atoms with Gasteiger partial charge in [-0.1, -0.05) is 6.92 Å². The van der Waals surface area contributed by atoms with Crippen molar-refractivity contribution in [1.29, 1.82) is 0 Å². The fraction of sp³-hybridized carbons (Fsp3) is 0.800. The molecule has 0 aromatic carbocycles. The van der Waals surface area contributed by atoms with Gasteiger partial charge in [0.05, 0.1) is 6.61 Å². The molecular formula is C10H19NO4S. The highest BCUT2D eigenvalue weighted by atomic mass is 32.2. The summed E-state index contributed by atoms with van der Waals surface area (Å²) in [4.78, 5) is 23.8. The van der Waals surface area contributed by atoms with Crippen LogP contribution < -0.4 is 0 Å². The van der Waals surface area contributed by atoms with Gasteiger partial charge in [-0.3, -0.25) is 9.59 Å². The van der Waals surface area contributed by atoms with E-state index in [0.717, 1.165) is 0 Å². The van der Waals surface area contributed by atoms with Crippen LogP contribution in [0.3, 0.4) is 0 Å². The topological polar surface area (TPSA) is 66.8 Å². The second-order valence-corrected chi connectivity index (χ2v) is 4.41. The summed E-state index contributed by atoms with van der Waals surface area (Å²) in [6.07, 6.45) is 1.92. The van der Waals surface area contributed by atoms with E-state index in [2.05, 4.69) is 0 Å². The van der Waals surface area contributed by atoms with Gasteiger partial charge in [0.25, 0.3) is 0 Å². The molecule has 1 atom stereocenters. The molecule has 0 rings (SSSR count). The molecule has 0 heterocycles. The van der Waals surface area contributed by atoms with Crippen LogP contribution in [-0.4, -0.2) is 60.7 Å². The SMILES string of the molecule is COCCN(CC(=O)O)C(=O)C(C)CSC. The Hall–Kier alpha value is -0.750. The quantitative estimate of drug-likeness (QED) is 0.680. The van der Waals surface area contributed by atoms with Crippen LogP contribution in [0.4, 0.5) is 0 Å². The number of thioether (sulfide) groups is 1. The highest BCUT2D eigenvalue weighted by Gasteiger charge is 2.21. The number of ether oxygens (including phenoxy) is 1. The van der Waals surface area contributed by atoms with Crippen molar-refractivity contribution in [3.8, 4) is 0 Å². The van der Waals surface area contributed by atoms with E-state index in [-0.39, 0.29) is 18.4 Å². The molecule has 0 aromatic heterocycles. The summed E-state index contributed by atoms with van der Waals surface area (Å²) >= 11 is 1.57. The fourth-order valence-corrected chi connectivity index (χ4v) is 1.91. The molecule has 0 saturated heterocycles. The molecule has 16 heavy (non-hydrogen) atoms. The van der Waals surface area contributed by atoms with E-state index < -0.39 is 5.97 Å².